The van der Waals surface area contributed by atoms with Crippen LogP contribution in [0.5, 0.6) is 0 Å². The van der Waals surface area contributed by atoms with E-state index >= 15 is 0 Å². The van der Waals surface area contributed by atoms with E-state index in [9.17, 15) is 0 Å². The van der Waals surface area contributed by atoms with Crippen LogP contribution < -0.4 is 0 Å². The van der Waals surface area contributed by atoms with Gasteiger partial charge in [-0.15, -0.1) is 0 Å². The van der Waals surface area contributed by atoms with Crippen molar-refractivity contribution in [3.63, 3.8) is 0 Å². The van der Waals surface area contributed by atoms with Gasteiger partial charge in [-0.1, -0.05) is 58.4 Å². The van der Waals surface area contributed by atoms with Gasteiger partial charge in [-0.25, -0.2) is 0 Å². The molecule has 0 nitrogen and oxygen atoms in total. The first kappa shape index (κ1) is 9.47. The zero-order valence-corrected chi connectivity index (χ0v) is 9.62. The standard InChI is InChI=1S/C11H14S2/c1-9-4-3-6-11(2,8-9)10-5-7-12-13-10/h3-7,10H,8H2,1-2H3. The van der Waals surface area contributed by atoms with Gasteiger partial charge in [-0.05, 0) is 18.8 Å². The molecule has 0 saturated heterocycles. The van der Waals surface area contributed by atoms with Crippen molar-refractivity contribution in [1.82, 2.24) is 0 Å². The van der Waals surface area contributed by atoms with Gasteiger partial charge in [0.05, 0.1) is 0 Å². The molecule has 0 spiro atoms. The molecule has 2 heteroatoms. The molecule has 0 saturated carbocycles. The minimum Gasteiger partial charge on any atom is -0.0810 e. The minimum atomic E-state index is 0.337. The Hall–Kier alpha value is -0.0800. The van der Waals surface area contributed by atoms with Crippen molar-refractivity contribution >= 4 is 21.6 Å². The second kappa shape index (κ2) is 3.58. The summed E-state index contributed by atoms with van der Waals surface area (Å²) in [5.41, 5.74) is 1.83. The summed E-state index contributed by atoms with van der Waals surface area (Å²) < 4.78 is 0. The average molecular weight is 210 g/mol. The first-order chi connectivity index (χ1) is 6.21. The number of hydrogen-bond acceptors (Lipinski definition) is 2. The van der Waals surface area contributed by atoms with Gasteiger partial charge in [0, 0.05) is 10.7 Å². The van der Waals surface area contributed by atoms with E-state index in [2.05, 4.69) is 43.6 Å². The van der Waals surface area contributed by atoms with Crippen LogP contribution in [0, 0.1) is 5.41 Å². The second-order valence-electron chi connectivity index (χ2n) is 4.00. The Morgan fingerprint density at radius 3 is 3.00 bits per heavy atom. The van der Waals surface area contributed by atoms with Crippen LogP contribution in [0.4, 0.5) is 0 Å². The van der Waals surface area contributed by atoms with Crippen LogP contribution >= 0.6 is 21.6 Å². The summed E-state index contributed by atoms with van der Waals surface area (Å²) in [5.74, 6) is 0. The highest BCUT2D eigenvalue weighted by Crippen LogP contribution is 2.48. The Labute approximate surface area is 88.0 Å². The lowest BCUT2D eigenvalue weighted by Gasteiger charge is -2.33. The van der Waals surface area contributed by atoms with Crippen LogP contribution in [0.2, 0.25) is 0 Å². The monoisotopic (exact) mass is 210 g/mol. The fourth-order valence-corrected chi connectivity index (χ4v) is 4.53. The molecule has 0 aromatic rings. The molecule has 1 aliphatic heterocycles. The van der Waals surface area contributed by atoms with E-state index in [1.807, 2.05) is 21.6 Å². The molecule has 0 fully saturated rings. The Bertz CT molecular complexity index is 288. The van der Waals surface area contributed by atoms with Crippen molar-refractivity contribution in [1.29, 1.82) is 0 Å². The topological polar surface area (TPSA) is 0 Å². The molecule has 70 valence electrons. The quantitative estimate of drug-likeness (QED) is 0.596. The molecule has 1 heterocycles. The molecule has 2 unspecified atom stereocenters. The average Bonchev–Trinajstić information content (AvgIpc) is 2.55. The summed E-state index contributed by atoms with van der Waals surface area (Å²) in [4.78, 5) is 0. The first-order valence-electron chi connectivity index (χ1n) is 4.54. The molecule has 13 heavy (non-hydrogen) atoms. The number of hydrogen-bond donors (Lipinski definition) is 0. The van der Waals surface area contributed by atoms with E-state index in [0.717, 1.165) is 0 Å². The predicted octanol–water partition coefficient (Wildman–Crippen LogP) is 4.18. The highest BCUT2D eigenvalue weighted by molar-refractivity contribution is 8.78. The van der Waals surface area contributed by atoms with Gasteiger partial charge in [-0.2, -0.15) is 0 Å². The van der Waals surface area contributed by atoms with Crippen LogP contribution in [-0.4, -0.2) is 5.25 Å². The maximum atomic E-state index is 2.36. The van der Waals surface area contributed by atoms with E-state index in [-0.39, 0.29) is 0 Å². The van der Waals surface area contributed by atoms with Gasteiger partial charge in [0.2, 0.25) is 0 Å². The smallest absolute Gasteiger partial charge is 0.0434 e. The van der Waals surface area contributed by atoms with Crippen molar-refractivity contribution in [2.75, 3.05) is 0 Å². The molecule has 0 amide bonds. The summed E-state index contributed by atoms with van der Waals surface area (Å²) in [5, 5.41) is 2.86. The normalized spacial score (nSPS) is 38.0. The fraction of sp³-hybridized carbons (Fsp3) is 0.455. The number of rotatable bonds is 1. The summed E-state index contributed by atoms with van der Waals surface area (Å²) in [7, 11) is 3.84. The Kier molecular flexibility index (Phi) is 2.61. The first-order valence-corrected chi connectivity index (χ1v) is 6.82. The van der Waals surface area contributed by atoms with Crippen LogP contribution in [0.3, 0.4) is 0 Å². The third kappa shape index (κ3) is 1.89. The van der Waals surface area contributed by atoms with Gasteiger partial charge in [0.15, 0.2) is 0 Å². The van der Waals surface area contributed by atoms with Crippen molar-refractivity contribution in [2.45, 2.75) is 25.5 Å². The summed E-state index contributed by atoms with van der Waals surface area (Å²) in [6.07, 6.45) is 10.3. The third-order valence-corrected chi connectivity index (χ3v) is 5.21. The summed E-state index contributed by atoms with van der Waals surface area (Å²) >= 11 is 0. The zero-order chi connectivity index (χ0) is 9.31. The van der Waals surface area contributed by atoms with Gasteiger partial charge < -0.3 is 0 Å². The molecule has 1 aliphatic carbocycles. The third-order valence-electron chi connectivity index (χ3n) is 2.64. The molecule has 0 radical (unpaired) electrons. The van der Waals surface area contributed by atoms with Gasteiger partial charge in [0.25, 0.3) is 0 Å². The molecule has 0 aromatic carbocycles. The predicted molar refractivity (Wildman–Crippen MR) is 63.7 cm³/mol. The molecule has 2 rings (SSSR count). The molecule has 2 aliphatic rings. The zero-order valence-electron chi connectivity index (χ0n) is 7.99. The van der Waals surface area contributed by atoms with Crippen molar-refractivity contribution in [3.05, 3.63) is 35.3 Å². The van der Waals surface area contributed by atoms with Crippen LogP contribution in [0.25, 0.3) is 0 Å². The van der Waals surface area contributed by atoms with E-state index in [1.165, 1.54) is 12.0 Å². The lowest BCUT2D eigenvalue weighted by molar-refractivity contribution is 0.437. The fourth-order valence-electron chi connectivity index (χ4n) is 1.90. The van der Waals surface area contributed by atoms with Gasteiger partial charge in [-0.3, -0.25) is 0 Å². The maximum Gasteiger partial charge on any atom is 0.0434 e. The van der Waals surface area contributed by atoms with Crippen LogP contribution in [0.15, 0.2) is 35.3 Å². The molecule has 2 atom stereocenters. The minimum absolute atomic E-state index is 0.337. The molecular weight excluding hydrogens is 196 g/mol. The van der Waals surface area contributed by atoms with Gasteiger partial charge >= 0.3 is 0 Å². The van der Waals surface area contributed by atoms with E-state index < -0.39 is 0 Å². The highest BCUT2D eigenvalue weighted by Gasteiger charge is 2.33. The van der Waals surface area contributed by atoms with E-state index in [1.54, 1.807) is 0 Å². The van der Waals surface area contributed by atoms with Gasteiger partial charge in [0.1, 0.15) is 0 Å². The maximum absolute atomic E-state index is 2.36. The summed E-state index contributed by atoms with van der Waals surface area (Å²) in [6, 6.07) is 0. The van der Waals surface area contributed by atoms with Crippen molar-refractivity contribution < 1.29 is 0 Å². The SMILES string of the molecule is CC1=CC=CC(C)(C2C=CSS2)C1. The highest BCUT2D eigenvalue weighted by atomic mass is 33.1. The van der Waals surface area contributed by atoms with Crippen molar-refractivity contribution in [3.8, 4) is 0 Å². The Balaban J connectivity index is 2.17. The van der Waals surface area contributed by atoms with Crippen LogP contribution in [0.1, 0.15) is 20.3 Å². The van der Waals surface area contributed by atoms with Crippen LogP contribution in [-0.2, 0) is 0 Å². The van der Waals surface area contributed by atoms with Crippen molar-refractivity contribution in [2.24, 2.45) is 5.41 Å². The lowest BCUT2D eigenvalue weighted by atomic mass is 9.77. The Morgan fingerprint density at radius 2 is 2.38 bits per heavy atom. The Morgan fingerprint density at radius 1 is 1.54 bits per heavy atom. The molecule has 0 bridgehead atoms. The second-order valence-corrected chi connectivity index (χ2v) is 6.32. The molecular formula is C11H14S2. The summed E-state index contributed by atoms with van der Waals surface area (Å²) in [6.45, 7) is 4.58. The molecule has 0 N–H and O–H groups in total. The van der Waals surface area contributed by atoms with E-state index in [0.29, 0.717) is 10.7 Å². The number of allylic oxidation sites excluding steroid dienone is 4. The molecule has 0 aromatic heterocycles. The largest absolute Gasteiger partial charge is 0.0810 e. The lowest BCUT2D eigenvalue weighted by Crippen LogP contribution is -2.26. The van der Waals surface area contributed by atoms with E-state index in [4.69, 9.17) is 0 Å².